The van der Waals surface area contributed by atoms with E-state index in [4.69, 9.17) is 4.42 Å². The second-order valence-corrected chi connectivity index (χ2v) is 5.03. The highest BCUT2D eigenvalue weighted by molar-refractivity contribution is 5.88. The van der Waals surface area contributed by atoms with E-state index in [1.54, 1.807) is 24.3 Å². The molecule has 1 N–H and O–H groups in total. The maximum atomic E-state index is 12.8. The zero-order valence-electron chi connectivity index (χ0n) is 11.6. The van der Waals surface area contributed by atoms with Crippen molar-refractivity contribution >= 4 is 23.3 Å². The van der Waals surface area contributed by atoms with Crippen LogP contribution >= 0.6 is 0 Å². The number of fused-ring (bicyclic) bond motifs is 3. The number of para-hydroxylation sites is 1. The van der Waals surface area contributed by atoms with E-state index in [9.17, 15) is 9.59 Å². The van der Waals surface area contributed by atoms with E-state index in [2.05, 4.69) is 4.98 Å². The van der Waals surface area contributed by atoms with Crippen LogP contribution in [0.2, 0.25) is 0 Å². The van der Waals surface area contributed by atoms with E-state index in [0.29, 0.717) is 22.4 Å². The first-order valence-electron chi connectivity index (χ1n) is 6.96. The maximum Gasteiger partial charge on any atom is 0.335 e. The van der Waals surface area contributed by atoms with Gasteiger partial charge >= 0.3 is 5.69 Å². The van der Waals surface area contributed by atoms with Crippen LogP contribution in [-0.2, 0) is 0 Å². The van der Waals surface area contributed by atoms with E-state index >= 15 is 0 Å². The van der Waals surface area contributed by atoms with Crippen molar-refractivity contribution in [3.8, 4) is 5.69 Å². The lowest BCUT2D eigenvalue weighted by Crippen LogP contribution is -2.33. The molecule has 0 aliphatic heterocycles. The molecular formula is C17H12N2O3. The van der Waals surface area contributed by atoms with Crippen LogP contribution < -0.4 is 11.2 Å². The molecule has 2 aromatic heterocycles. The Hall–Kier alpha value is -3.08. The highest BCUT2D eigenvalue weighted by Crippen LogP contribution is 2.26. The molecule has 1 aliphatic rings. The van der Waals surface area contributed by atoms with Crippen LogP contribution in [0.3, 0.4) is 0 Å². The van der Waals surface area contributed by atoms with Gasteiger partial charge in [0, 0.05) is 5.56 Å². The second-order valence-electron chi connectivity index (χ2n) is 5.03. The minimum Gasteiger partial charge on any atom is -0.439 e. The summed E-state index contributed by atoms with van der Waals surface area (Å²) in [6.45, 7) is 0. The lowest BCUT2D eigenvalue weighted by molar-refractivity contribution is 0.587. The maximum absolute atomic E-state index is 12.8. The molecule has 1 aromatic carbocycles. The van der Waals surface area contributed by atoms with Gasteiger partial charge in [0.2, 0.25) is 5.71 Å². The summed E-state index contributed by atoms with van der Waals surface area (Å²) in [5, 5.41) is 0.390. The van der Waals surface area contributed by atoms with Crippen LogP contribution in [0.25, 0.3) is 28.9 Å². The summed E-state index contributed by atoms with van der Waals surface area (Å²) in [7, 11) is 0. The highest BCUT2D eigenvalue weighted by atomic mass is 16.3. The number of hydrogen-bond donors (Lipinski definition) is 1. The summed E-state index contributed by atoms with van der Waals surface area (Å²) in [5.41, 5.74) is 0.548. The summed E-state index contributed by atoms with van der Waals surface area (Å²) >= 11 is 0. The number of hydrogen-bond acceptors (Lipinski definition) is 3. The fourth-order valence-electron chi connectivity index (χ4n) is 2.66. The monoisotopic (exact) mass is 292 g/mol. The molecule has 4 rings (SSSR count). The molecule has 1 aliphatic carbocycles. The van der Waals surface area contributed by atoms with Gasteiger partial charge in [0.25, 0.3) is 5.56 Å². The third-order valence-electron chi connectivity index (χ3n) is 3.65. The molecule has 0 spiro atoms. The Labute approximate surface area is 124 Å². The molecule has 0 atom stereocenters. The fourth-order valence-corrected chi connectivity index (χ4v) is 2.66. The van der Waals surface area contributed by atoms with Gasteiger partial charge in [-0.1, -0.05) is 36.4 Å². The number of allylic oxidation sites excluding steroid dienone is 2. The summed E-state index contributed by atoms with van der Waals surface area (Å²) in [6, 6.07) is 8.83. The van der Waals surface area contributed by atoms with Crippen molar-refractivity contribution < 1.29 is 4.42 Å². The molecule has 108 valence electrons. The van der Waals surface area contributed by atoms with E-state index < -0.39 is 5.69 Å². The first kappa shape index (κ1) is 12.6. The highest BCUT2D eigenvalue weighted by Gasteiger charge is 2.18. The topological polar surface area (TPSA) is 68.0 Å². The van der Waals surface area contributed by atoms with Crippen LogP contribution in [0.15, 0.2) is 56.5 Å². The number of H-pyrrole nitrogens is 1. The molecule has 2 heterocycles. The van der Waals surface area contributed by atoms with Crippen LogP contribution in [0.5, 0.6) is 0 Å². The summed E-state index contributed by atoms with van der Waals surface area (Å²) in [6.07, 6.45) is 8.35. The molecular weight excluding hydrogens is 280 g/mol. The molecule has 0 saturated carbocycles. The Morgan fingerprint density at radius 1 is 1.05 bits per heavy atom. The largest absolute Gasteiger partial charge is 0.439 e. The number of rotatable bonds is 1. The number of benzene rings is 1. The minimum atomic E-state index is -0.513. The van der Waals surface area contributed by atoms with Gasteiger partial charge in [0.05, 0.1) is 5.69 Å². The quantitative estimate of drug-likeness (QED) is 0.749. The molecule has 0 bridgehead atoms. The van der Waals surface area contributed by atoms with Crippen molar-refractivity contribution in [2.45, 2.75) is 6.42 Å². The van der Waals surface area contributed by atoms with Crippen LogP contribution in [-0.4, -0.2) is 9.55 Å². The van der Waals surface area contributed by atoms with E-state index in [1.165, 1.54) is 0 Å². The average molecular weight is 292 g/mol. The van der Waals surface area contributed by atoms with Crippen molar-refractivity contribution in [2.75, 3.05) is 0 Å². The van der Waals surface area contributed by atoms with Gasteiger partial charge in [0.1, 0.15) is 11.1 Å². The van der Waals surface area contributed by atoms with Crippen molar-refractivity contribution in [2.24, 2.45) is 0 Å². The van der Waals surface area contributed by atoms with Gasteiger partial charge in [-0.25, -0.2) is 9.36 Å². The Morgan fingerprint density at radius 3 is 2.64 bits per heavy atom. The van der Waals surface area contributed by atoms with Gasteiger partial charge in [-0.05, 0) is 24.6 Å². The lowest BCUT2D eigenvalue weighted by Gasteiger charge is -2.03. The molecule has 22 heavy (non-hydrogen) atoms. The molecule has 0 fully saturated rings. The Balaban J connectivity index is 2.13. The zero-order valence-corrected chi connectivity index (χ0v) is 11.6. The minimum absolute atomic E-state index is 0.211. The number of nitrogens with zero attached hydrogens (tertiary/aromatic N) is 1. The third-order valence-corrected chi connectivity index (χ3v) is 3.65. The molecule has 0 unspecified atom stereocenters. The first-order chi connectivity index (χ1) is 10.8. The fraction of sp³-hybridized carbons (Fsp3) is 0.0588. The van der Waals surface area contributed by atoms with E-state index in [-0.39, 0.29) is 11.3 Å². The SMILES string of the molecule is O=c1[nH]c2oc3c(c2c(=O)n1-c1ccccc1)C=CCC=C3. The smallest absolute Gasteiger partial charge is 0.335 e. The number of aromatic amines is 1. The van der Waals surface area contributed by atoms with Crippen LogP contribution in [0.1, 0.15) is 17.7 Å². The summed E-state index contributed by atoms with van der Waals surface area (Å²) in [5.74, 6) is 0.585. The van der Waals surface area contributed by atoms with Gasteiger partial charge in [-0.2, -0.15) is 0 Å². The molecule has 3 aromatic rings. The number of aromatic nitrogens is 2. The van der Waals surface area contributed by atoms with E-state index in [1.807, 2.05) is 30.4 Å². The molecule has 5 heteroatoms. The lowest BCUT2D eigenvalue weighted by atomic mass is 10.2. The Morgan fingerprint density at radius 2 is 1.82 bits per heavy atom. The van der Waals surface area contributed by atoms with Crippen LogP contribution in [0, 0.1) is 0 Å². The van der Waals surface area contributed by atoms with Gasteiger partial charge in [-0.15, -0.1) is 0 Å². The average Bonchev–Trinajstić information content (AvgIpc) is 2.70. The molecule has 5 nitrogen and oxygen atoms in total. The van der Waals surface area contributed by atoms with Crippen molar-refractivity contribution in [3.05, 3.63) is 74.6 Å². The zero-order chi connectivity index (χ0) is 15.1. The summed E-state index contributed by atoms with van der Waals surface area (Å²) in [4.78, 5) is 27.7. The Kier molecular flexibility index (Phi) is 2.72. The predicted molar refractivity (Wildman–Crippen MR) is 85.1 cm³/mol. The summed E-state index contributed by atoms with van der Waals surface area (Å²) < 4.78 is 6.74. The Bertz CT molecular complexity index is 1030. The van der Waals surface area contributed by atoms with Crippen LogP contribution in [0.4, 0.5) is 0 Å². The number of furan rings is 1. The molecule has 0 radical (unpaired) electrons. The van der Waals surface area contributed by atoms with E-state index in [0.717, 1.165) is 11.0 Å². The molecule has 0 saturated heterocycles. The van der Waals surface area contributed by atoms with Gasteiger partial charge in [-0.3, -0.25) is 9.78 Å². The molecule has 0 amide bonds. The third kappa shape index (κ3) is 1.79. The van der Waals surface area contributed by atoms with Gasteiger partial charge < -0.3 is 4.42 Å². The normalized spacial score (nSPS) is 13.3. The number of nitrogens with one attached hydrogen (secondary N) is 1. The first-order valence-corrected chi connectivity index (χ1v) is 6.96. The standard InChI is InChI=1S/C17H12N2O3/c20-16-14-12-9-5-2-6-10-13(12)22-15(14)18-17(21)19(16)11-7-3-1-4-8-11/h1,3-10H,2H2,(H,18,21). The predicted octanol–water partition coefficient (Wildman–Crippen LogP) is 2.70. The van der Waals surface area contributed by atoms with Crippen molar-refractivity contribution in [3.63, 3.8) is 0 Å². The van der Waals surface area contributed by atoms with Crippen molar-refractivity contribution in [1.82, 2.24) is 9.55 Å². The van der Waals surface area contributed by atoms with Crippen molar-refractivity contribution in [1.29, 1.82) is 0 Å². The van der Waals surface area contributed by atoms with Gasteiger partial charge in [0.15, 0.2) is 0 Å². The second kappa shape index (κ2) is 4.73.